The van der Waals surface area contributed by atoms with E-state index in [1.54, 1.807) is 4.90 Å². The zero-order valence-corrected chi connectivity index (χ0v) is 15.0. The van der Waals surface area contributed by atoms with Crippen LogP contribution >= 0.6 is 0 Å². The predicted molar refractivity (Wildman–Crippen MR) is 95.4 cm³/mol. The smallest absolute Gasteiger partial charge is 0.254 e. The van der Waals surface area contributed by atoms with Gasteiger partial charge in [-0.3, -0.25) is 9.59 Å². The van der Waals surface area contributed by atoms with Crippen LogP contribution in [0.15, 0.2) is 42.5 Å². The molecular weight excluding hydrogens is 373 g/mol. The van der Waals surface area contributed by atoms with Gasteiger partial charge in [0.2, 0.25) is 5.91 Å². The number of amides is 2. The first-order valence-electron chi connectivity index (χ1n) is 8.84. The summed E-state index contributed by atoms with van der Waals surface area (Å²) in [6, 6.07) is 8.57. The molecule has 0 spiro atoms. The summed E-state index contributed by atoms with van der Waals surface area (Å²) in [5, 5.41) is 0. The zero-order valence-electron chi connectivity index (χ0n) is 15.0. The minimum Gasteiger partial charge on any atom is -0.493 e. The number of ether oxygens (including phenoxy) is 1. The van der Waals surface area contributed by atoms with Gasteiger partial charge in [-0.05, 0) is 42.5 Å². The molecular formula is C20H19F3N2O3. The van der Waals surface area contributed by atoms with Gasteiger partial charge in [0.15, 0.2) is 11.6 Å². The Morgan fingerprint density at radius 1 is 0.857 bits per heavy atom. The second-order valence-electron chi connectivity index (χ2n) is 6.35. The SMILES string of the molecule is O=C(CCOc1ccc(F)cc1)N1CCN(C(=O)c2ccc(F)c(F)c2)CC1. The highest BCUT2D eigenvalue weighted by atomic mass is 19.2. The van der Waals surface area contributed by atoms with Crippen LogP contribution in [0.3, 0.4) is 0 Å². The van der Waals surface area contributed by atoms with Crippen molar-refractivity contribution < 1.29 is 27.5 Å². The van der Waals surface area contributed by atoms with Crippen molar-refractivity contribution in [3.05, 3.63) is 65.5 Å². The molecule has 0 unspecified atom stereocenters. The molecule has 1 aliphatic rings. The van der Waals surface area contributed by atoms with Crippen LogP contribution in [-0.4, -0.2) is 54.4 Å². The summed E-state index contributed by atoms with van der Waals surface area (Å²) < 4.78 is 44.6. The molecule has 28 heavy (non-hydrogen) atoms. The molecule has 0 aliphatic carbocycles. The molecule has 0 radical (unpaired) electrons. The Morgan fingerprint density at radius 3 is 2.14 bits per heavy atom. The first-order valence-corrected chi connectivity index (χ1v) is 8.84. The Hall–Kier alpha value is -3.03. The number of benzene rings is 2. The number of rotatable bonds is 5. The minimum absolute atomic E-state index is 0.0753. The van der Waals surface area contributed by atoms with Gasteiger partial charge in [-0.15, -0.1) is 0 Å². The molecule has 0 atom stereocenters. The number of hydrogen-bond acceptors (Lipinski definition) is 3. The van der Waals surface area contributed by atoms with Crippen molar-refractivity contribution in [1.29, 1.82) is 0 Å². The van der Waals surface area contributed by atoms with E-state index in [-0.39, 0.29) is 30.3 Å². The summed E-state index contributed by atoms with van der Waals surface area (Å²) in [5.74, 6) is -2.46. The molecule has 0 bridgehead atoms. The van der Waals surface area contributed by atoms with Crippen LogP contribution in [-0.2, 0) is 4.79 Å². The van der Waals surface area contributed by atoms with Crippen LogP contribution < -0.4 is 4.74 Å². The lowest BCUT2D eigenvalue weighted by atomic mass is 10.1. The van der Waals surface area contributed by atoms with Gasteiger partial charge in [0.1, 0.15) is 11.6 Å². The third-order valence-corrected chi connectivity index (χ3v) is 4.48. The highest BCUT2D eigenvalue weighted by molar-refractivity contribution is 5.94. The molecule has 8 heteroatoms. The quantitative estimate of drug-likeness (QED) is 0.786. The van der Waals surface area contributed by atoms with Gasteiger partial charge < -0.3 is 14.5 Å². The summed E-state index contributed by atoms with van der Waals surface area (Å²) >= 11 is 0. The molecule has 1 heterocycles. The van der Waals surface area contributed by atoms with Crippen LogP contribution in [0.2, 0.25) is 0 Å². The Balaban J connectivity index is 1.45. The molecule has 148 valence electrons. The maximum absolute atomic E-state index is 13.3. The number of nitrogens with zero attached hydrogens (tertiary/aromatic N) is 2. The van der Waals surface area contributed by atoms with E-state index in [0.29, 0.717) is 31.9 Å². The third kappa shape index (κ3) is 4.82. The molecule has 2 aromatic rings. The largest absolute Gasteiger partial charge is 0.493 e. The molecule has 0 saturated carbocycles. The van der Waals surface area contributed by atoms with Crippen molar-refractivity contribution in [2.45, 2.75) is 6.42 Å². The van der Waals surface area contributed by atoms with E-state index in [9.17, 15) is 22.8 Å². The Bertz CT molecular complexity index is 850. The first kappa shape index (κ1) is 19.7. The van der Waals surface area contributed by atoms with Crippen molar-refractivity contribution in [1.82, 2.24) is 9.80 Å². The fourth-order valence-electron chi connectivity index (χ4n) is 2.92. The molecule has 0 aromatic heterocycles. The fourth-order valence-corrected chi connectivity index (χ4v) is 2.92. The molecule has 0 N–H and O–H groups in total. The first-order chi connectivity index (χ1) is 13.4. The molecule has 2 amide bonds. The van der Waals surface area contributed by atoms with E-state index in [1.807, 2.05) is 0 Å². The Kier molecular flexibility index (Phi) is 6.18. The number of piperazine rings is 1. The van der Waals surface area contributed by atoms with E-state index in [0.717, 1.165) is 12.1 Å². The van der Waals surface area contributed by atoms with Crippen molar-refractivity contribution in [3.63, 3.8) is 0 Å². The van der Waals surface area contributed by atoms with Crippen molar-refractivity contribution in [2.24, 2.45) is 0 Å². The Morgan fingerprint density at radius 2 is 1.50 bits per heavy atom. The van der Waals surface area contributed by atoms with Crippen LogP contribution in [0.1, 0.15) is 16.8 Å². The van der Waals surface area contributed by atoms with Crippen LogP contribution in [0.5, 0.6) is 5.75 Å². The lowest BCUT2D eigenvalue weighted by molar-refractivity contribution is -0.133. The van der Waals surface area contributed by atoms with Crippen molar-refractivity contribution >= 4 is 11.8 Å². The fraction of sp³-hybridized carbons (Fsp3) is 0.300. The van der Waals surface area contributed by atoms with Crippen molar-refractivity contribution in [3.8, 4) is 5.75 Å². The van der Waals surface area contributed by atoms with Gasteiger partial charge >= 0.3 is 0 Å². The third-order valence-electron chi connectivity index (χ3n) is 4.48. The molecule has 1 aliphatic heterocycles. The highest BCUT2D eigenvalue weighted by Crippen LogP contribution is 2.14. The van der Waals surface area contributed by atoms with Crippen molar-refractivity contribution in [2.75, 3.05) is 32.8 Å². The standard InChI is InChI=1S/C20H19F3N2O3/c21-15-2-4-16(5-3-15)28-12-7-19(26)24-8-10-25(11-9-24)20(27)14-1-6-17(22)18(23)13-14/h1-6,13H,7-12H2. The second-order valence-corrected chi connectivity index (χ2v) is 6.35. The highest BCUT2D eigenvalue weighted by Gasteiger charge is 2.25. The maximum atomic E-state index is 13.3. The van der Waals surface area contributed by atoms with E-state index >= 15 is 0 Å². The average Bonchev–Trinajstić information content (AvgIpc) is 2.71. The number of carbonyl (C=O) groups is 2. The average molecular weight is 392 g/mol. The topological polar surface area (TPSA) is 49.9 Å². The predicted octanol–water partition coefficient (Wildman–Crippen LogP) is 2.86. The minimum atomic E-state index is -1.07. The number of carbonyl (C=O) groups excluding carboxylic acids is 2. The zero-order chi connectivity index (χ0) is 20.1. The van der Waals surface area contributed by atoms with Gasteiger partial charge in [-0.1, -0.05) is 0 Å². The van der Waals surface area contributed by atoms with Gasteiger partial charge in [0.25, 0.3) is 5.91 Å². The van der Waals surface area contributed by atoms with E-state index in [1.165, 1.54) is 35.2 Å². The van der Waals surface area contributed by atoms with Crippen LogP contribution in [0, 0.1) is 17.5 Å². The normalized spacial score (nSPS) is 14.1. The lowest BCUT2D eigenvalue weighted by Gasteiger charge is -2.34. The maximum Gasteiger partial charge on any atom is 0.254 e. The summed E-state index contributed by atoms with van der Waals surface area (Å²) in [6.07, 6.45) is 0.161. The lowest BCUT2D eigenvalue weighted by Crippen LogP contribution is -2.50. The Labute approximate surface area is 160 Å². The monoisotopic (exact) mass is 392 g/mol. The summed E-state index contributed by atoms with van der Waals surface area (Å²) in [7, 11) is 0. The number of hydrogen-bond donors (Lipinski definition) is 0. The van der Waals surface area contributed by atoms with E-state index in [4.69, 9.17) is 4.74 Å². The van der Waals surface area contributed by atoms with E-state index in [2.05, 4.69) is 0 Å². The summed E-state index contributed by atoms with van der Waals surface area (Å²) in [4.78, 5) is 27.8. The van der Waals surface area contributed by atoms with Gasteiger partial charge in [0, 0.05) is 31.7 Å². The van der Waals surface area contributed by atoms with E-state index < -0.39 is 17.5 Å². The molecule has 3 rings (SSSR count). The summed E-state index contributed by atoms with van der Waals surface area (Å²) in [5.41, 5.74) is 0.0753. The molecule has 1 saturated heterocycles. The molecule has 5 nitrogen and oxygen atoms in total. The van der Waals surface area contributed by atoms with Crippen LogP contribution in [0.25, 0.3) is 0 Å². The molecule has 2 aromatic carbocycles. The second kappa shape index (κ2) is 8.77. The van der Waals surface area contributed by atoms with Crippen LogP contribution in [0.4, 0.5) is 13.2 Å². The molecule has 1 fully saturated rings. The van der Waals surface area contributed by atoms with Gasteiger partial charge in [-0.25, -0.2) is 13.2 Å². The van der Waals surface area contributed by atoms with Gasteiger partial charge in [-0.2, -0.15) is 0 Å². The number of halogens is 3. The summed E-state index contributed by atoms with van der Waals surface area (Å²) in [6.45, 7) is 1.48. The van der Waals surface area contributed by atoms with Gasteiger partial charge in [0.05, 0.1) is 13.0 Å².